The van der Waals surface area contributed by atoms with Crippen molar-refractivity contribution in [3.05, 3.63) is 166 Å². The molecule has 0 saturated heterocycles. The lowest BCUT2D eigenvalue weighted by molar-refractivity contribution is -0.116. The highest BCUT2D eigenvalue weighted by molar-refractivity contribution is 8.00. The van der Waals surface area contributed by atoms with Gasteiger partial charge in [0.05, 0.1) is 17.8 Å². The van der Waals surface area contributed by atoms with Crippen molar-refractivity contribution in [3.63, 3.8) is 0 Å². The third-order valence-electron chi connectivity index (χ3n) is 7.62. The van der Waals surface area contributed by atoms with Gasteiger partial charge in [-0.25, -0.2) is 9.37 Å². The van der Waals surface area contributed by atoms with Gasteiger partial charge in [-0.05, 0) is 78.4 Å². The zero-order valence-electron chi connectivity index (χ0n) is 27.5. The van der Waals surface area contributed by atoms with Crippen LogP contribution in [0.3, 0.4) is 0 Å². The average Bonchev–Trinajstić information content (AvgIpc) is 3.64. The largest absolute Gasteiger partial charge is 0.497 e. The number of carbonyl (C=O) groups excluding carboxylic acids is 3. The number of nitrogens with zero attached hydrogens (tertiary/aromatic N) is 1. The third-order valence-corrected chi connectivity index (χ3v) is 9.96. The Morgan fingerprint density at radius 1 is 0.865 bits per heavy atom. The molecule has 8 nitrogen and oxygen atoms in total. The maximum absolute atomic E-state index is 14.8. The molecule has 6 rings (SSSR count). The van der Waals surface area contributed by atoms with Crippen LogP contribution in [0, 0.1) is 5.82 Å². The maximum atomic E-state index is 14.8. The van der Waals surface area contributed by atoms with Crippen LogP contribution in [-0.2, 0) is 9.59 Å². The van der Waals surface area contributed by atoms with Gasteiger partial charge in [0, 0.05) is 32.7 Å². The Kier molecular flexibility index (Phi) is 11.8. The van der Waals surface area contributed by atoms with Gasteiger partial charge in [-0.1, -0.05) is 72.3 Å². The van der Waals surface area contributed by atoms with Crippen molar-refractivity contribution in [1.29, 1.82) is 0 Å². The van der Waals surface area contributed by atoms with Crippen LogP contribution < -0.4 is 20.7 Å². The van der Waals surface area contributed by atoms with Crippen molar-refractivity contribution in [2.45, 2.75) is 10.1 Å². The number of amides is 3. The van der Waals surface area contributed by atoms with E-state index in [-0.39, 0.29) is 22.2 Å². The molecule has 0 radical (unpaired) electrons. The molecule has 0 aliphatic rings. The van der Waals surface area contributed by atoms with Crippen molar-refractivity contribution in [2.24, 2.45) is 0 Å². The molecule has 0 saturated carbocycles. The quantitative estimate of drug-likeness (QED) is 0.0850. The number of nitrogens with one attached hydrogen (secondary N) is 3. The van der Waals surface area contributed by atoms with Crippen LogP contribution in [0.4, 0.5) is 15.2 Å². The van der Waals surface area contributed by atoms with Crippen molar-refractivity contribution in [2.75, 3.05) is 17.7 Å². The number of hydrogen-bond donors (Lipinski definition) is 3. The summed E-state index contributed by atoms with van der Waals surface area (Å²) in [4.78, 5) is 45.8. The normalized spacial score (nSPS) is 11.7. The highest BCUT2D eigenvalue weighted by Gasteiger charge is 2.24. The summed E-state index contributed by atoms with van der Waals surface area (Å²) in [5, 5.41) is 10.1. The number of ether oxygens (including phenoxy) is 1. The van der Waals surface area contributed by atoms with E-state index in [0.717, 1.165) is 22.6 Å². The van der Waals surface area contributed by atoms with E-state index in [0.29, 0.717) is 21.3 Å². The van der Waals surface area contributed by atoms with Crippen LogP contribution >= 0.6 is 34.7 Å². The number of aromatic nitrogens is 1. The van der Waals surface area contributed by atoms with Crippen LogP contribution in [-0.4, -0.2) is 29.8 Å². The number of hydrogen-bond acceptors (Lipinski definition) is 7. The molecule has 5 aromatic carbocycles. The fraction of sp³-hybridized carbons (Fsp3) is 0.0500. The monoisotopic (exact) mass is 748 g/mol. The second-order valence-corrected chi connectivity index (χ2v) is 13.6. The van der Waals surface area contributed by atoms with E-state index < -0.39 is 22.9 Å². The summed E-state index contributed by atoms with van der Waals surface area (Å²) < 4.78 is 20.0. The van der Waals surface area contributed by atoms with Gasteiger partial charge in [-0.2, -0.15) is 0 Å². The van der Waals surface area contributed by atoms with Gasteiger partial charge in [0.15, 0.2) is 5.13 Å². The topological polar surface area (TPSA) is 109 Å². The number of anilines is 2. The number of methoxy groups -OCH3 is 1. The first kappa shape index (κ1) is 36.1. The number of thiazole rings is 1. The molecule has 12 heteroatoms. The highest BCUT2D eigenvalue weighted by atomic mass is 35.5. The molecule has 260 valence electrons. The van der Waals surface area contributed by atoms with Crippen molar-refractivity contribution in [1.82, 2.24) is 10.3 Å². The molecule has 1 unspecified atom stereocenters. The summed E-state index contributed by atoms with van der Waals surface area (Å²) in [6, 6.07) is 36.2. The minimum absolute atomic E-state index is 0.0555. The molecule has 0 spiro atoms. The average molecular weight is 749 g/mol. The van der Waals surface area contributed by atoms with Gasteiger partial charge < -0.3 is 20.7 Å². The minimum Gasteiger partial charge on any atom is -0.497 e. The molecule has 0 bridgehead atoms. The van der Waals surface area contributed by atoms with Gasteiger partial charge in [0.25, 0.3) is 11.8 Å². The van der Waals surface area contributed by atoms with Crippen molar-refractivity contribution in [3.8, 4) is 17.0 Å². The van der Waals surface area contributed by atoms with Gasteiger partial charge in [-0.3, -0.25) is 14.4 Å². The van der Waals surface area contributed by atoms with Gasteiger partial charge in [0.2, 0.25) is 5.91 Å². The van der Waals surface area contributed by atoms with Crippen molar-refractivity contribution < 1.29 is 23.5 Å². The summed E-state index contributed by atoms with van der Waals surface area (Å²) in [7, 11) is 1.61. The highest BCUT2D eigenvalue weighted by Crippen LogP contribution is 2.38. The third kappa shape index (κ3) is 9.12. The summed E-state index contributed by atoms with van der Waals surface area (Å²) in [6.45, 7) is 0. The van der Waals surface area contributed by atoms with E-state index in [2.05, 4.69) is 20.9 Å². The number of benzene rings is 5. The van der Waals surface area contributed by atoms with E-state index >= 15 is 0 Å². The van der Waals surface area contributed by atoms with Gasteiger partial charge in [-0.15, -0.1) is 23.1 Å². The molecule has 0 aliphatic carbocycles. The molecule has 3 N–H and O–H groups in total. The lowest BCUT2D eigenvalue weighted by Gasteiger charge is -2.17. The van der Waals surface area contributed by atoms with Crippen LogP contribution in [0.5, 0.6) is 5.75 Å². The first-order valence-corrected chi connectivity index (χ1v) is 18.0. The smallest absolute Gasteiger partial charge is 0.272 e. The van der Waals surface area contributed by atoms with E-state index in [9.17, 15) is 18.8 Å². The van der Waals surface area contributed by atoms with Crippen LogP contribution in [0.1, 0.15) is 26.7 Å². The molecule has 1 atom stereocenters. The second kappa shape index (κ2) is 17.0. The first-order chi connectivity index (χ1) is 25.3. The van der Waals surface area contributed by atoms with E-state index in [4.69, 9.17) is 16.3 Å². The Morgan fingerprint density at radius 2 is 1.58 bits per heavy atom. The number of rotatable bonds is 12. The molecule has 0 fully saturated rings. The van der Waals surface area contributed by atoms with Crippen LogP contribution in [0.25, 0.3) is 17.3 Å². The predicted molar refractivity (Wildman–Crippen MR) is 206 cm³/mol. The zero-order chi connectivity index (χ0) is 36.5. The molecule has 1 aromatic heterocycles. The molecular formula is C40H30ClFN4O4S2. The lowest BCUT2D eigenvalue weighted by Crippen LogP contribution is -2.30. The molecule has 0 aliphatic heterocycles. The summed E-state index contributed by atoms with van der Waals surface area (Å²) in [5.41, 5.74) is 2.78. The predicted octanol–water partition coefficient (Wildman–Crippen LogP) is 9.49. The van der Waals surface area contributed by atoms with E-state index in [1.807, 2.05) is 66.0 Å². The Balaban J connectivity index is 1.22. The summed E-state index contributed by atoms with van der Waals surface area (Å²) >= 11 is 8.86. The lowest BCUT2D eigenvalue weighted by atomic mass is 10.1. The van der Waals surface area contributed by atoms with Crippen molar-refractivity contribution >= 4 is 69.3 Å². The van der Waals surface area contributed by atoms with Gasteiger partial charge in [0.1, 0.15) is 22.5 Å². The zero-order valence-corrected chi connectivity index (χ0v) is 29.9. The number of halogens is 2. The fourth-order valence-electron chi connectivity index (χ4n) is 5.01. The Labute approximate surface area is 312 Å². The standard InChI is InChI=1S/C40H30ClFN4O4S2/c1-50-29-20-18-25(19-21-29)35-24-51-40(45-35)46-39(49)36(26-10-4-2-5-11-26)52-30-15-8-14-28(22-30)43-38(48)34(23-31-32(41)16-9-17-33(31)42)44-37(47)27-12-6-3-7-13-27/h2-24,36H,1H3,(H,43,48)(H,44,47)(H,45,46,49)/b34-23+. The van der Waals surface area contributed by atoms with Gasteiger partial charge >= 0.3 is 0 Å². The summed E-state index contributed by atoms with van der Waals surface area (Å²) in [5.74, 6) is -1.48. The number of carbonyl (C=O) groups is 3. The SMILES string of the molecule is COc1ccc(-c2csc(NC(=O)C(Sc3cccc(NC(=O)/C(=C\c4c(F)cccc4Cl)NC(=O)c4ccccc4)c3)c3ccccc3)n2)cc1. The Bertz CT molecular complexity index is 2210. The fourth-order valence-corrected chi connectivity index (χ4v) is 7.04. The first-order valence-electron chi connectivity index (χ1n) is 15.8. The molecular weight excluding hydrogens is 719 g/mol. The summed E-state index contributed by atoms with van der Waals surface area (Å²) in [6.07, 6.45) is 1.20. The molecule has 3 amide bonds. The van der Waals surface area contributed by atoms with E-state index in [1.54, 1.807) is 55.6 Å². The Morgan fingerprint density at radius 3 is 2.29 bits per heavy atom. The molecule has 1 heterocycles. The number of thioether (sulfide) groups is 1. The molecule has 6 aromatic rings. The second-order valence-electron chi connectivity index (χ2n) is 11.2. The Hall–Kier alpha value is -5.75. The van der Waals surface area contributed by atoms with E-state index in [1.165, 1.54) is 47.4 Å². The maximum Gasteiger partial charge on any atom is 0.272 e. The minimum atomic E-state index is -0.709. The van der Waals surface area contributed by atoms with Crippen LogP contribution in [0.2, 0.25) is 5.02 Å². The molecule has 52 heavy (non-hydrogen) atoms. The van der Waals surface area contributed by atoms with Crippen LogP contribution in [0.15, 0.2) is 143 Å².